The third kappa shape index (κ3) is 5.57. The molecule has 0 aliphatic carbocycles. The van der Waals surface area contributed by atoms with E-state index in [-0.39, 0.29) is 23.1 Å². The van der Waals surface area contributed by atoms with Crippen LogP contribution in [0.2, 0.25) is 0 Å². The van der Waals surface area contributed by atoms with Gasteiger partial charge in [-0.15, -0.1) is 0 Å². The van der Waals surface area contributed by atoms with Crippen LogP contribution in [0.15, 0.2) is 51.8 Å². The van der Waals surface area contributed by atoms with E-state index in [0.29, 0.717) is 41.9 Å². The second kappa shape index (κ2) is 10.5. The van der Waals surface area contributed by atoms with Gasteiger partial charge in [0.2, 0.25) is 5.91 Å². The number of carbonyl (C=O) groups excluding carboxylic acids is 4. The summed E-state index contributed by atoms with van der Waals surface area (Å²) in [4.78, 5) is 53.2. The fraction of sp³-hybridized carbons (Fsp3) is 0.250. The Morgan fingerprint density at radius 3 is 2.53 bits per heavy atom. The molecular formula is C24H21BrN2O6S. The van der Waals surface area contributed by atoms with Gasteiger partial charge in [-0.1, -0.05) is 33.6 Å². The predicted molar refractivity (Wildman–Crippen MR) is 130 cm³/mol. The van der Waals surface area contributed by atoms with Crippen LogP contribution in [0.3, 0.4) is 0 Å². The molecule has 0 N–H and O–H groups in total. The number of morpholine rings is 1. The molecule has 2 heterocycles. The summed E-state index contributed by atoms with van der Waals surface area (Å²) in [5, 5.41) is -0.522. The highest BCUT2D eigenvalue weighted by atomic mass is 79.9. The molecule has 0 saturated carbocycles. The van der Waals surface area contributed by atoms with Gasteiger partial charge in [0, 0.05) is 23.1 Å². The van der Waals surface area contributed by atoms with Crippen molar-refractivity contribution >= 4 is 56.8 Å². The van der Waals surface area contributed by atoms with Gasteiger partial charge in [-0.2, -0.15) is 0 Å². The standard InChI is InChI=1S/C24H21BrN2O6S/c1-15-2-4-16(5-3-15)23(30)33-19-7-6-18(25)12-17(19)13-20-22(29)27(24(31)34-20)14-21(28)26-8-10-32-11-9-26/h2-7,12-13H,8-11,14H2,1H3/b20-13-. The number of nitrogens with zero attached hydrogens (tertiary/aromatic N) is 2. The molecular weight excluding hydrogens is 524 g/mol. The van der Waals surface area contributed by atoms with Gasteiger partial charge in [-0.3, -0.25) is 19.3 Å². The Kier molecular flexibility index (Phi) is 7.50. The quantitative estimate of drug-likeness (QED) is 0.320. The van der Waals surface area contributed by atoms with E-state index in [1.165, 1.54) is 6.08 Å². The molecule has 8 nitrogen and oxygen atoms in total. The van der Waals surface area contributed by atoms with Gasteiger partial charge >= 0.3 is 5.97 Å². The van der Waals surface area contributed by atoms with Gasteiger partial charge in [0.05, 0.1) is 23.7 Å². The number of aryl methyl sites for hydroxylation is 1. The molecule has 176 valence electrons. The van der Waals surface area contributed by atoms with Gasteiger partial charge in [-0.05, 0) is 55.1 Å². The van der Waals surface area contributed by atoms with Gasteiger partial charge in [0.15, 0.2) is 0 Å². The minimum Gasteiger partial charge on any atom is -0.422 e. The SMILES string of the molecule is Cc1ccc(C(=O)Oc2ccc(Br)cc2/C=C2\SC(=O)N(CC(=O)N3CCOCC3)C2=O)cc1. The van der Waals surface area contributed by atoms with Crippen LogP contribution in [0.25, 0.3) is 6.08 Å². The Morgan fingerprint density at radius 1 is 1.12 bits per heavy atom. The first-order chi connectivity index (χ1) is 16.3. The molecule has 0 atom stereocenters. The molecule has 2 aliphatic rings. The number of halogens is 1. The van der Waals surface area contributed by atoms with Gasteiger partial charge < -0.3 is 14.4 Å². The van der Waals surface area contributed by atoms with Crippen LogP contribution in [0, 0.1) is 6.92 Å². The van der Waals surface area contributed by atoms with Crippen LogP contribution in [0.5, 0.6) is 5.75 Å². The summed E-state index contributed by atoms with van der Waals surface area (Å²) in [6.07, 6.45) is 1.49. The lowest BCUT2D eigenvalue weighted by Gasteiger charge is -2.28. The number of imide groups is 1. The molecule has 0 bridgehead atoms. The Hall–Kier alpha value is -2.95. The summed E-state index contributed by atoms with van der Waals surface area (Å²) < 4.78 is 11.5. The van der Waals surface area contributed by atoms with Crippen molar-refractivity contribution < 1.29 is 28.7 Å². The highest BCUT2D eigenvalue weighted by Crippen LogP contribution is 2.35. The zero-order valence-electron chi connectivity index (χ0n) is 18.3. The van der Waals surface area contributed by atoms with Crippen LogP contribution in [-0.2, 0) is 14.3 Å². The minimum absolute atomic E-state index is 0.144. The number of benzene rings is 2. The molecule has 2 aromatic rings. The van der Waals surface area contributed by atoms with Gasteiger partial charge in [0.1, 0.15) is 12.3 Å². The summed E-state index contributed by atoms with van der Waals surface area (Å²) >= 11 is 4.13. The Labute approximate surface area is 209 Å². The molecule has 4 rings (SSSR count). The molecule has 3 amide bonds. The van der Waals surface area contributed by atoms with Crippen molar-refractivity contribution in [3.63, 3.8) is 0 Å². The van der Waals surface area contributed by atoms with E-state index in [9.17, 15) is 19.2 Å². The first-order valence-electron chi connectivity index (χ1n) is 10.5. The lowest BCUT2D eigenvalue weighted by Crippen LogP contribution is -2.46. The van der Waals surface area contributed by atoms with E-state index in [1.54, 1.807) is 35.2 Å². The molecule has 2 fully saturated rings. The maximum absolute atomic E-state index is 12.9. The minimum atomic E-state index is -0.563. The number of carbonyl (C=O) groups is 4. The average Bonchev–Trinajstić information content (AvgIpc) is 3.09. The van der Waals surface area contributed by atoms with Crippen LogP contribution in [-0.4, -0.2) is 65.7 Å². The first kappa shape index (κ1) is 24.2. The zero-order chi connectivity index (χ0) is 24.2. The van der Waals surface area contributed by atoms with Crippen molar-refractivity contribution in [3.05, 3.63) is 68.5 Å². The lowest BCUT2D eigenvalue weighted by molar-refractivity contribution is -0.139. The van der Waals surface area contributed by atoms with Crippen LogP contribution >= 0.6 is 27.7 Å². The number of esters is 1. The highest BCUT2D eigenvalue weighted by molar-refractivity contribution is 9.10. The number of ether oxygens (including phenoxy) is 2. The van der Waals surface area contributed by atoms with Crippen molar-refractivity contribution in [2.45, 2.75) is 6.92 Å². The van der Waals surface area contributed by atoms with E-state index < -0.39 is 17.1 Å². The summed E-state index contributed by atoms with van der Waals surface area (Å²) in [6, 6.07) is 12.0. The highest BCUT2D eigenvalue weighted by Gasteiger charge is 2.37. The number of rotatable bonds is 5. The third-order valence-corrected chi connectivity index (χ3v) is 6.68. The molecule has 0 radical (unpaired) electrons. The molecule has 0 spiro atoms. The normalized spacial score (nSPS) is 17.4. The zero-order valence-corrected chi connectivity index (χ0v) is 20.7. The predicted octanol–water partition coefficient (Wildman–Crippen LogP) is 3.87. The van der Waals surface area contributed by atoms with Crippen molar-refractivity contribution in [1.29, 1.82) is 0 Å². The second-order valence-corrected chi connectivity index (χ2v) is 9.61. The van der Waals surface area contributed by atoms with Crippen molar-refractivity contribution in [2.75, 3.05) is 32.8 Å². The Morgan fingerprint density at radius 2 is 1.82 bits per heavy atom. The van der Waals surface area contributed by atoms with Crippen molar-refractivity contribution in [2.24, 2.45) is 0 Å². The van der Waals surface area contributed by atoms with Crippen molar-refractivity contribution in [3.8, 4) is 5.75 Å². The maximum atomic E-state index is 12.9. The van der Waals surface area contributed by atoms with E-state index in [4.69, 9.17) is 9.47 Å². The van der Waals surface area contributed by atoms with E-state index >= 15 is 0 Å². The summed E-state index contributed by atoms with van der Waals surface area (Å²) in [6.45, 7) is 3.32. The third-order valence-electron chi connectivity index (χ3n) is 5.28. The Bertz CT molecular complexity index is 1170. The van der Waals surface area contributed by atoms with Gasteiger partial charge in [-0.25, -0.2) is 4.79 Å². The van der Waals surface area contributed by atoms with Gasteiger partial charge in [0.25, 0.3) is 11.1 Å². The largest absolute Gasteiger partial charge is 0.422 e. The lowest BCUT2D eigenvalue weighted by atomic mass is 10.1. The molecule has 0 unspecified atom stereocenters. The number of amides is 3. The van der Waals surface area contributed by atoms with Crippen LogP contribution in [0.1, 0.15) is 21.5 Å². The average molecular weight is 545 g/mol. The first-order valence-corrected chi connectivity index (χ1v) is 12.1. The Balaban J connectivity index is 1.52. The van der Waals surface area contributed by atoms with Crippen molar-refractivity contribution in [1.82, 2.24) is 9.80 Å². The maximum Gasteiger partial charge on any atom is 0.343 e. The summed E-state index contributed by atoms with van der Waals surface area (Å²) in [5.74, 6) is -1.17. The fourth-order valence-electron chi connectivity index (χ4n) is 3.40. The van der Waals surface area contributed by atoms with E-state index in [1.807, 2.05) is 19.1 Å². The molecule has 2 saturated heterocycles. The molecule has 10 heteroatoms. The smallest absolute Gasteiger partial charge is 0.343 e. The van der Waals surface area contributed by atoms with Crippen LogP contribution < -0.4 is 4.74 Å². The van der Waals surface area contributed by atoms with E-state index in [2.05, 4.69) is 15.9 Å². The summed E-state index contributed by atoms with van der Waals surface area (Å²) in [5.41, 5.74) is 1.85. The monoisotopic (exact) mass is 544 g/mol. The number of hydrogen-bond donors (Lipinski definition) is 0. The molecule has 0 aromatic heterocycles. The summed E-state index contributed by atoms with van der Waals surface area (Å²) in [7, 11) is 0. The molecule has 2 aromatic carbocycles. The number of hydrogen-bond acceptors (Lipinski definition) is 7. The molecule has 34 heavy (non-hydrogen) atoms. The molecule has 2 aliphatic heterocycles. The van der Waals surface area contributed by atoms with Crippen LogP contribution in [0.4, 0.5) is 4.79 Å². The second-order valence-electron chi connectivity index (χ2n) is 7.70. The fourth-order valence-corrected chi connectivity index (χ4v) is 4.61. The number of thioether (sulfide) groups is 1. The van der Waals surface area contributed by atoms with E-state index in [0.717, 1.165) is 22.2 Å². The topological polar surface area (TPSA) is 93.2 Å².